The second kappa shape index (κ2) is 5.88. The molecule has 2 nitrogen and oxygen atoms in total. The molecular weight excluding hydrogens is 260 g/mol. The molecule has 2 aromatic rings. The molecule has 1 saturated carbocycles. The zero-order valence-corrected chi connectivity index (χ0v) is 12.8. The lowest BCUT2D eigenvalue weighted by molar-refractivity contribution is -0.140. The minimum absolute atomic E-state index is 0.0593. The molecule has 110 valence electrons. The molecule has 0 aliphatic heterocycles. The standard InChI is InChI=1S/C19H22O2/c1-13-9-11-15(12-10-13)19(20)21-18-8-4-6-16-14(2)5-3-7-17(16)18/h3-8,13,15H,9-12H2,1-2H3. The number of ether oxygens (including phenoxy) is 1. The lowest BCUT2D eigenvalue weighted by Crippen LogP contribution is -2.25. The molecule has 0 amide bonds. The van der Waals surface area contributed by atoms with Gasteiger partial charge in [-0.3, -0.25) is 4.79 Å². The van der Waals surface area contributed by atoms with Gasteiger partial charge in [-0.25, -0.2) is 0 Å². The fraction of sp³-hybridized carbons (Fsp3) is 0.421. The van der Waals surface area contributed by atoms with Gasteiger partial charge in [0.15, 0.2) is 0 Å². The third kappa shape index (κ3) is 2.94. The van der Waals surface area contributed by atoms with E-state index in [9.17, 15) is 4.79 Å². The molecule has 0 unspecified atom stereocenters. The van der Waals surface area contributed by atoms with Gasteiger partial charge in [0.1, 0.15) is 5.75 Å². The van der Waals surface area contributed by atoms with Gasteiger partial charge in [-0.2, -0.15) is 0 Å². The molecule has 0 radical (unpaired) electrons. The average molecular weight is 282 g/mol. The van der Waals surface area contributed by atoms with E-state index < -0.39 is 0 Å². The summed E-state index contributed by atoms with van der Waals surface area (Å²) in [5.41, 5.74) is 1.21. The van der Waals surface area contributed by atoms with Crippen LogP contribution >= 0.6 is 0 Å². The van der Waals surface area contributed by atoms with Gasteiger partial charge < -0.3 is 4.74 Å². The van der Waals surface area contributed by atoms with E-state index in [0.717, 1.165) is 42.4 Å². The highest BCUT2D eigenvalue weighted by Crippen LogP contribution is 2.32. The summed E-state index contributed by atoms with van der Waals surface area (Å²) >= 11 is 0. The number of fused-ring (bicyclic) bond motifs is 1. The van der Waals surface area contributed by atoms with E-state index in [1.54, 1.807) is 0 Å². The molecule has 1 aliphatic carbocycles. The zero-order chi connectivity index (χ0) is 14.8. The first-order valence-corrected chi connectivity index (χ1v) is 7.85. The van der Waals surface area contributed by atoms with Crippen molar-refractivity contribution in [2.75, 3.05) is 0 Å². The summed E-state index contributed by atoms with van der Waals surface area (Å²) < 4.78 is 5.72. The molecule has 0 N–H and O–H groups in total. The van der Waals surface area contributed by atoms with Crippen molar-refractivity contribution in [1.82, 2.24) is 0 Å². The molecule has 0 bridgehead atoms. The number of esters is 1. The summed E-state index contributed by atoms with van der Waals surface area (Å²) in [5.74, 6) is 1.45. The van der Waals surface area contributed by atoms with E-state index in [-0.39, 0.29) is 11.9 Å². The number of carbonyl (C=O) groups excluding carboxylic acids is 1. The molecule has 1 aliphatic rings. The number of hydrogen-bond donors (Lipinski definition) is 0. The molecule has 1 fully saturated rings. The van der Waals surface area contributed by atoms with Crippen LogP contribution in [0.15, 0.2) is 36.4 Å². The predicted octanol–water partition coefficient (Wildman–Crippen LogP) is 4.88. The second-order valence-corrected chi connectivity index (χ2v) is 6.30. The molecule has 2 heteroatoms. The van der Waals surface area contributed by atoms with Gasteiger partial charge in [-0.1, -0.05) is 37.3 Å². The van der Waals surface area contributed by atoms with E-state index in [2.05, 4.69) is 26.0 Å². The molecule has 0 heterocycles. The Morgan fingerprint density at radius 3 is 2.43 bits per heavy atom. The van der Waals surface area contributed by atoms with Crippen LogP contribution in [-0.4, -0.2) is 5.97 Å². The Labute approximate surface area is 126 Å². The molecule has 0 atom stereocenters. The first-order chi connectivity index (χ1) is 10.1. The molecular formula is C19H22O2. The number of carbonyl (C=O) groups is 1. The maximum absolute atomic E-state index is 12.4. The fourth-order valence-electron chi connectivity index (χ4n) is 3.21. The monoisotopic (exact) mass is 282 g/mol. The fourth-order valence-corrected chi connectivity index (χ4v) is 3.21. The maximum Gasteiger partial charge on any atom is 0.314 e. The zero-order valence-electron chi connectivity index (χ0n) is 12.8. The first-order valence-electron chi connectivity index (χ1n) is 7.85. The van der Waals surface area contributed by atoms with Gasteiger partial charge in [0.05, 0.1) is 5.92 Å². The van der Waals surface area contributed by atoms with Crippen LogP contribution in [0.5, 0.6) is 5.75 Å². The van der Waals surface area contributed by atoms with Crippen LogP contribution in [0.25, 0.3) is 10.8 Å². The van der Waals surface area contributed by atoms with Crippen LogP contribution in [-0.2, 0) is 4.79 Å². The van der Waals surface area contributed by atoms with E-state index >= 15 is 0 Å². The molecule has 2 aromatic carbocycles. The minimum atomic E-state index is -0.0593. The Hall–Kier alpha value is -1.83. The Bertz CT molecular complexity index is 652. The van der Waals surface area contributed by atoms with Gasteiger partial charge in [-0.15, -0.1) is 0 Å². The molecule has 0 spiro atoms. The Morgan fingerprint density at radius 2 is 1.67 bits per heavy atom. The van der Waals surface area contributed by atoms with Gasteiger partial charge in [0.2, 0.25) is 0 Å². The number of rotatable bonds is 2. The average Bonchev–Trinajstić information content (AvgIpc) is 2.49. The Morgan fingerprint density at radius 1 is 1.00 bits per heavy atom. The van der Waals surface area contributed by atoms with Gasteiger partial charge >= 0.3 is 5.97 Å². The third-order valence-electron chi connectivity index (χ3n) is 4.66. The van der Waals surface area contributed by atoms with E-state index in [1.807, 2.05) is 24.3 Å². The number of benzene rings is 2. The van der Waals surface area contributed by atoms with Crippen molar-refractivity contribution in [3.05, 3.63) is 42.0 Å². The highest BCUT2D eigenvalue weighted by molar-refractivity contribution is 5.92. The topological polar surface area (TPSA) is 26.3 Å². The summed E-state index contributed by atoms with van der Waals surface area (Å²) in [6.45, 7) is 4.34. The van der Waals surface area contributed by atoms with Crippen LogP contribution in [0.3, 0.4) is 0 Å². The Kier molecular flexibility index (Phi) is 3.96. The maximum atomic E-state index is 12.4. The summed E-state index contributed by atoms with van der Waals surface area (Å²) in [4.78, 5) is 12.4. The summed E-state index contributed by atoms with van der Waals surface area (Å²) in [6.07, 6.45) is 4.19. The normalized spacial score (nSPS) is 22.2. The Balaban J connectivity index is 1.82. The van der Waals surface area contributed by atoms with E-state index in [1.165, 1.54) is 5.56 Å². The molecule has 3 rings (SSSR count). The first kappa shape index (κ1) is 14.1. The number of aryl methyl sites for hydroxylation is 1. The van der Waals surface area contributed by atoms with Crippen LogP contribution in [0, 0.1) is 18.8 Å². The van der Waals surface area contributed by atoms with Crippen LogP contribution in [0.4, 0.5) is 0 Å². The van der Waals surface area contributed by atoms with Crippen molar-refractivity contribution in [3.8, 4) is 5.75 Å². The lowest BCUT2D eigenvalue weighted by Gasteiger charge is -2.24. The summed E-state index contributed by atoms with van der Waals surface area (Å²) in [6, 6.07) is 12.0. The highest BCUT2D eigenvalue weighted by atomic mass is 16.5. The van der Waals surface area contributed by atoms with E-state index in [4.69, 9.17) is 4.74 Å². The van der Waals surface area contributed by atoms with E-state index in [0.29, 0.717) is 5.75 Å². The summed E-state index contributed by atoms with van der Waals surface area (Å²) in [7, 11) is 0. The highest BCUT2D eigenvalue weighted by Gasteiger charge is 2.26. The molecule has 0 aromatic heterocycles. The molecule has 21 heavy (non-hydrogen) atoms. The van der Waals surface area contributed by atoms with Crippen molar-refractivity contribution in [3.63, 3.8) is 0 Å². The quantitative estimate of drug-likeness (QED) is 0.579. The van der Waals surface area contributed by atoms with Crippen molar-refractivity contribution < 1.29 is 9.53 Å². The third-order valence-corrected chi connectivity index (χ3v) is 4.66. The van der Waals surface area contributed by atoms with Crippen molar-refractivity contribution in [1.29, 1.82) is 0 Å². The second-order valence-electron chi connectivity index (χ2n) is 6.30. The van der Waals surface area contributed by atoms with Crippen LogP contribution in [0.2, 0.25) is 0 Å². The SMILES string of the molecule is Cc1cccc2c(OC(=O)C3CCC(C)CC3)cccc12. The number of hydrogen-bond acceptors (Lipinski definition) is 2. The van der Waals surface area contributed by atoms with Crippen molar-refractivity contribution >= 4 is 16.7 Å². The van der Waals surface area contributed by atoms with Gasteiger partial charge in [-0.05, 0) is 55.5 Å². The van der Waals surface area contributed by atoms with Crippen molar-refractivity contribution in [2.45, 2.75) is 39.5 Å². The van der Waals surface area contributed by atoms with Crippen LogP contribution in [0.1, 0.15) is 38.2 Å². The predicted molar refractivity (Wildman–Crippen MR) is 85.4 cm³/mol. The largest absolute Gasteiger partial charge is 0.426 e. The summed E-state index contributed by atoms with van der Waals surface area (Å²) in [5, 5.41) is 2.18. The van der Waals surface area contributed by atoms with Crippen LogP contribution < -0.4 is 4.74 Å². The smallest absolute Gasteiger partial charge is 0.314 e. The lowest BCUT2D eigenvalue weighted by atomic mass is 9.83. The molecule has 0 saturated heterocycles. The van der Waals surface area contributed by atoms with Gasteiger partial charge in [0, 0.05) is 5.39 Å². The minimum Gasteiger partial charge on any atom is -0.426 e. The van der Waals surface area contributed by atoms with Crippen molar-refractivity contribution in [2.24, 2.45) is 11.8 Å². The van der Waals surface area contributed by atoms with Gasteiger partial charge in [0.25, 0.3) is 0 Å².